The van der Waals surface area contributed by atoms with Crippen LogP contribution in [0.15, 0.2) is 48.5 Å². The van der Waals surface area contributed by atoms with Crippen LogP contribution in [-0.4, -0.2) is 29.9 Å². The number of likely N-dealkylation sites (tertiary alicyclic amines) is 1. The Morgan fingerprint density at radius 2 is 1.58 bits per heavy atom. The number of anilines is 2. The number of amides is 3. The Balaban J connectivity index is 1.67. The van der Waals surface area contributed by atoms with E-state index in [-0.39, 0.29) is 11.9 Å². The summed E-state index contributed by atoms with van der Waals surface area (Å²) in [6.07, 6.45) is 2.03. The average molecular weight is 327 g/mol. The molecule has 0 radical (unpaired) electrons. The minimum absolute atomic E-state index is 0.157. The van der Waals surface area contributed by atoms with Gasteiger partial charge in [0.05, 0.1) is 0 Å². The summed E-state index contributed by atoms with van der Waals surface area (Å²) < 4.78 is 13.2. The first-order valence-electron chi connectivity index (χ1n) is 7.85. The first kappa shape index (κ1) is 16.0. The number of hydrogen-bond donors (Lipinski definition) is 2. The number of nitrogens with zero attached hydrogens (tertiary/aromatic N) is 1. The third kappa shape index (κ3) is 3.90. The molecule has 3 amide bonds. The second-order valence-electron chi connectivity index (χ2n) is 5.67. The van der Waals surface area contributed by atoms with E-state index in [1.165, 1.54) is 18.2 Å². The Hall–Kier alpha value is -2.89. The summed E-state index contributed by atoms with van der Waals surface area (Å²) in [5.74, 6) is -0.780. The van der Waals surface area contributed by atoms with Gasteiger partial charge in [-0.05, 0) is 49.2 Å². The highest BCUT2D eigenvalue weighted by Gasteiger charge is 2.18. The normalized spacial score (nSPS) is 13.6. The van der Waals surface area contributed by atoms with E-state index in [1.54, 1.807) is 35.2 Å². The van der Waals surface area contributed by atoms with Crippen LogP contribution in [0.5, 0.6) is 0 Å². The largest absolute Gasteiger partial charge is 0.325 e. The van der Waals surface area contributed by atoms with Gasteiger partial charge < -0.3 is 15.5 Å². The summed E-state index contributed by atoms with van der Waals surface area (Å²) in [6, 6.07) is 12.2. The molecular formula is C18H18FN3O2. The molecule has 0 spiro atoms. The first-order chi connectivity index (χ1) is 11.6. The molecule has 1 fully saturated rings. The van der Waals surface area contributed by atoms with E-state index in [0.717, 1.165) is 25.9 Å². The standard InChI is InChI=1S/C18H18FN3O2/c19-14-6-4-8-16(12-14)20-17(23)13-5-3-7-15(11-13)21-18(24)22-9-1-2-10-22/h3-8,11-12H,1-2,9-10H2,(H,20,23)(H,21,24). The minimum atomic E-state index is -0.417. The van der Waals surface area contributed by atoms with E-state index in [0.29, 0.717) is 16.9 Å². The molecule has 0 atom stereocenters. The van der Waals surface area contributed by atoms with E-state index >= 15 is 0 Å². The van der Waals surface area contributed by atoms with Crippen LogP contribution < -0.4 is 10.6 Å². The number of carbonyl (C=O) groups excluding carboxylic acids is 2. The molecule has 0 aromatic heterocycles. The molecule has 1 aliphatic rings. The minimum Gasteiger partial charge on any atom is -0.325 e. The van der Waals surface area contributed by atoms with Gasteiger partial charge in [0.2, 0.25) is 0 Å². The van der Waals surface area contributed by atoms with Crippen molar-refractivity contribution in [2.24, 2.45) is 0 Å². The number of hydrogen-bond acceptors (Lipinski definition) is 2. The zero-order valence-corrected chi connectivity index (χ0v) is 13.1. The number of carbonyl (C=O) groups is 2. The maximum atomic E-state index is 13.2. The molecule has 5 nitrogen and oxygen atoms in total. The van der Waals surface area contributed by atoms with E-state index in [4.69, 9.17) is 0 Å². The van der Waals surface area contributed by atoms with Crippen LogP contribution in [0.3, 0.4) is 0 Å². The fourth-order valence-electron chi connectivity index (χ4n) is 2.63. The van der Waals surface area contributed by atoms with Gasteiger partial charge in [0, 0.05) is 30.0 Å². The van der Waals surface area contributed by atoms with Gasteiger partial charge in [-0.15, -0.1) is 0 Å². The van der Waals surface area contributed by atoms with Gasteiger partial charge in [0.1, 0.15) is 5.82 Å². The predicted octanol–water partition coefficient (Wildman–Crippen LogP) is 3.71. The van der Waals surface area contributed by atoms with E-state index < -0.39 is 5.82 Å². The Bertz CT molecular complexity index is 757. The van der Waals surface area contributed by atoms with Crippen molar-refractivity contribution in [3.05, 3.63) is 59.9 Å². The van der Waals surface area contributed by atoms with Crippen LogP contribution in [0, 0.1) is 5.82 Å². The maximum absolute atomic E-state index is 13.2. The number of halogens is 1. The van der Waals surface area contributed by atoms with Crippen molar-refractivity contribution in [1.82, 2.24) is 4.90 Å². The molecule has 0 saturated carbocycles. The molecule has 0 bridgehead atoms. The van der Waals surface area contributed by atoms with Gasteiger partial charge in [-0.2, -0.15) is 0 Å². The lowest BCUT2D eigenvalue weighted by atomic mass is 10.2. The van der Waals surface area contributed by atoms with Crippen LogP contribution in [0.2, 0.25) is 0 Å². The predicted molar refractivity (Wildman–Crippen MR) is 90.6 cm³/mol. The molecule has 1 heterocycles. The smallest absolute Gasteiger partial charge is 0.321 e. The number of nitrogens with one attached hydrogen (secondary N) is 2. The number of benzene rings is 2. The molecule has 24 heavy (non-hydrogen) atoms. The Morgan fingerprint density at radius 3 is 2.29 bits per heavy atom. The molecular weight excluding hydrogens is 309 g/mol. The molecule has 1 aliphatic heterocycles. The third-order valence-corrected chi connectivity index (χ3v) is 3.85. The zero-order valence-electron chi connectivity index (χ0n) is 13.1. The molecule has 3 rings (SSSR count). The number of rotatable bonds is 3. The van der Waals surface area contributed by atoms with Crippen LogP contribution in [0.1, 0.15) is 23.2 Å². The van der Waals surface area contributed by atoms with Crippen molar-refractivity contribution in [3.8, 4) is 0 Å². The van der Waals surface area contributed by atoms with Crippen LogP contribution in [-0.2, 0) is 0 Å². The topological polar surface area (TPSA) is 61.4 Å². The number of urea groups is 1. The molecule has 124 valence electrons. The fraction of sp³-hybridized carbons (Fsp3) is 0.222. The van der Waals surface area contributed by atoms with Gasteiger partial charge >= 0.3 is 6.03 Å². The van der Waals surface area contributed by atoms with Gasteiger partial charge in [0.15, 0.2) is 0 Å². The average Bonchev–Trinajstić information content (AvgIpc) is 3.10. The van der Waals surface area contributed by atoms with Crippen molar-refractivity contribution in [1.29, 1.82) is 0 Å². The molecule has 0 unspecified atom stereocenters. The van der Waals surface area contributed by atoms with Gasteiger partial charge in [0.25, 0.3) is 5.91 Å². The zero-order chi connectivity index (χ0) is 16.9. The Morgan fingerprint density at radius 1 is 0.917 bits per heavy atom. The van der Waals surface area contributed by atoms with Crippen molar-refractivity contribution < 1.29 is 14.0 Å². The molecule has 2 N–H and O–H groups in total. The lowest BCUT2D eigenvalue weighted by molar-refractivity contribution is 0.102. The first-order valence-corrected chi connectivity index (χ1v) is 7.85. The lowest BCUT2D eigenvalue weighted by Gasteiger charge is -2.16. The molecule has 0 aliphatic carbocycles. The summed E-state index contributed by atoms with van der Waals surface area (Å²) in [7, 11) is 0. The maximum Gasteiger partial charge on any atom is 0.321 e. The fourth-order valence-corrected chi connectivity index (χ4v) is 2.63. The van der Waals surface area contributed by atoms with Crippen LogP contribution in [0.25, 0.3) is 0 Å². The third-order valence-electron chi connectivity index (χ3n) is 3.85. The van der Waals surface area contributed by atoms with E-state index in [9.17, 15) is 14.0 Å². The van der Waals surface area contributed by atoms with Gasteiger partial charge in [-0.1, -0.05) is 12.1 Å². The SMILES string of the molecule is O=C(Nc1cccc(F)c1)c1cccc(NC(=O)N2CCCC2)c1. The van der Waals surface area contributed by atoms with Crippen LogP contribution >= 0.6 is 0 Å². The van der Waals surface area contributed by atoms with Crippen molar-refractivity contribution >= 4 is 23.3 Å². The van der Waals surface area contributed by atoms with E-state index in [1.807, 2.05) is 0 Å². The summed E-state index contributed by atoms with van der Waals surface area (Å²) >= 11 is 0. The van der Waals surface area contributed by atoms with Crippen molar-refractivity contribution in [2.45, 2.75) is 12.8 Å². The second kappa shape index (κ2) is 7.12. The molecule has 2 aromatic rings. The Labute approximate surface area is 139 Å². The second-order valence-corrected chi connectivity index (χ2v) is 5.67. The van der Waals surface area contributed by atoms with Crippen molar-refractivity contribution in [3.63, 3.8) is 0 Å². The van der Waals surface area contributed by atoms with Gasteiger partial charge in [-0.25, -0.2) is 9.18 Å². The molecule has 6 heteroatoms. The summed E-state index contributed by atoms with van der Waals surface area (Å²) in [6.45, 7) is 1.51. The monoisotopic (exact) mass is 327 g/mol. The summed E-state index contributed by atoms with van der Waals surface area (Å²) in [5, 5.41) is 5.43. The quantitative estimate of drug-likeness (QED) is 0.903. The molecule has 2 aromatic carbocycles. The highest BCUT2D eigenvalue weighted by atomic mass is 19.1. The van der Waals surface area contributed by atoms with Crippen LogP contribution in [0.4, 0.5) is 20.6 Å². The van der Waals surface area contributed by atoms with Crippen molar-refractivity contribution in [2.75, 3.05) is 23.7 Å². The van der Waals surface area contributed by atoms with Gasteiger partial charge in [-0.3, -0.25) is 4.79 Å². The van der Waals surface area contributed by atoms with E-state index in [2.05, 4.69) is 10.6 Å². The Kier molecular flexibility index (Phi) is 4.74. The highest BCUT2D eigenvalue weighted by molar-refractivity contribution is 6.05. The highest BCUT2D eigenvalue weighted by Crippen LogP contribution is 2.16. The lowest BCUT2D eigenvalue weighted by Crippen LogP contribution is -2.32. The summed E-state index contributed by atoms with van der Waals surface area (Å²) in [5.41, 5.74) is 1.32. The summed E-state index contributed by atoms with van der Waals surface area (Å²) in [4.78, 5) is 26.1. The molecule has 1 saturated heterocycles.